The fourth-order valence-electron chi connectivity index (χ4n) is 1.97. The molecule has 0 bridgehead atoms. The van der Waals surface area contributed by atoms with Crippen molar-refractivity contribution in [1.29, 1.82) is 5.26 Å². The molecule has 0 aliphatic carbocycles. The normalized spacial score (nSPS) is 10.0. The minimum absolute atomic E-state index is 0.257. The molecule has 0 radical (unpaired) electrons. The van der Waals surface area contributed by atoms with Crippen LogP contribution in [0.15, 0.2) is 48.5 Å². The molecule has 0 unspecified atom stereocenters. The van der Waals surface area contributed by atoms with Gasteiger partial charge >= 0.3 is 5.97 Å². The largest absolute Gasteiger partial charge is 0.494 e. The number of nitriles is 1. The summed E-state index contributed by atoms with van der Waals surface area (Å²) in [6.07, 6.45) is 0.906. The molecule has 0 atom stereocenters. The molecule has 0 spiro atoms. The van der Waals surface area contributed by atoms with Crippen molar-refractivity contribution >= 4 is 17.7 Å². The lowest BCUT2D eigenvalue weighted by atomic mass is 10.2. The minimum atomic E-state index is -0.937. The van der Waals surface area contributed by atoms with Gasteiger partial charge in [-0.15, -0.1) is 0 Å². The van der Waals surface area contributed by atoms with Gasteiger partial charge in [-0.1, -0.05) is 12.1 Å². The van der Waals surface area contributed by atoms with E-state index in [-0.39, 0.29) is 5.56 Å². The van der Waals surface area contributed by atoms with Gasteiger partial charge in [-0.3, -0.25) is 0 Å². The Morgan fingerprint density at radius 3 is 2.70 bits per heavy atom. The first kappa shape index (κ1) is 16.9. The van der Waals surface area contributed by atoms with Crippen LogP contribution in [0.25, 0.3) is 0 Å². The zero-order valence-electron chi connectivity index (χ0n) is 12.6. The van der Waals surface area contributed by atoms with Gasteiger partial charge in [0.05, 0.1) is 23.8 Å². The van der Waals surface area contributed by atoms with E-state index in [1.807, 2.05) is 18.2 Å². The lowest BCUT2D eigenvalue weighted by molar-refractivity contribution is 0.0697. The van der Waals surface area contributed by atoms with E-state index in [0.717, 1.165) is 23.5 Å². The van der Waals surface area contributed by atoms with Gasteiger partial charge in [0.15, 0.2) is 0 Å². The van der Waals surface area contributed by atoms with E-state index in [1.165, 1.54) is 12.1 Å². The van der Waals surface area contributed by atoms with Crippen molar-refractivity contribution in [3.63, 3.8) is 0 Å². The van der Waals surface area contributed by atoms with Crippen LogP contribution in [0.4, 0.5) is 0 Å². The average Bonchev–Trinajstić information content (AvgIpc) is 2.58. The molecule has 2 aromatic carbocycles. The predicted molar refractivity (Wildman–Crippen MR) is 90.8 cm³/mol. The second kappa shape index (κ2) is 8.86. The van der Waals surface area contributed by atoms with Crippen molar-refractivity contribution < 1.29 is 14.6 Å². The number of ether oxygens (including phenoxy) is 1. The summed E-state index contributed by atoms with van der Waals surface area (Å²) < 4.78 is 5.58. The van der Waals surface area contributed by atoms with Gasteiger partial charge in [-0.2, -0.15) is 17.0 Å². The van der Waals surface area contributed by atoms with E-state index in [1.54, 1.807) is 30.0 Å². The molecular weight excluding hydrogens is 310 g/mol. The van der Waals surface area contributed by atoms with Gasteiger partial charge in [-0.05, 0) is 54.1 Å². The Bertz CT molecular complexity index is 692. The number of rotatable bonds is 8. The molecular formula is C18H17NO3S. The third-order valence-corrected chi connectivity index (χ3v) is 4.24. The summed E-state index contributed by atoms with van der Waals surface area (Å²) in [6, 6.07) is 16.2. The maximum atomic E-state index is 10.7. The van der Waals surface area contributed by atoms with E-state index < -0.39 is 5.97 Å². The highest BCUT2D eigenvalue weighted by atomic mass is 32.2. The molecule has 0 fully saturated rings. The van der Waals surface area contributed by atoms with Gasteiger partial charge in [0.1, 0.15) is 5.75 Å². The third-order valence-electron chi connectivity index (χ3n) is 3.13. The molecule has 2 rings (SSSR count). The number of benzene rings is 2. The number of hydrogen-bond donors (Lipinski definition) is 1. The molecule has 0 aliphatic rings. The Morgan fingerprint density at radius 1 is 1.22 bits per heavy atom. The third kappa shape index (κ3) is 5.68. The molecule has 0 aromatic heterocycles. The summed E-state index contributed by atoms with van der Waals surface area (Å²) >= 11 is 1.80. The van der Waals surface area contributed by atoms with Crippen LogP contribution in [0.3, 0.4) is 0 Å². The minimum Gasteiger partial charge on any atom is -0.494 e. The van der Waals surface area contributed by atoms with Gasteiger partial charge in [0.2, 0.25) is 0 Å². The lowest BCUT2D eigenvalue weighted by Crippen LogP contribution is -2.00. The number of carbonyl (C=O) groups is 1. The number of carboxylic acid groups (broad SMARTS) is 1. The van der Waals surface area contributed by atoms with Crippen molar-refractivity contribution in [2.75, 3.05) is 12.4 Å². The monoisotopic (exact) mass is 327 g/mol. The smallest absolute Gasteiger partial charge is 0.335 e. The van der Waals surface area contributed by atoms with Gasteiger partial charge in [0.25, 0.3) is 0 Å². The van der Waals surface area contributed by atoms with Gasteiger partial charge in [-0.25, -0.2) is 4.79 Å². The van der Waals surface area contributed by atoms with E-state index in [4.69, 9.17) is 15.1 Å². The second-order valence-corrected chi connectivity index (χ2v) is 6.00. The Kier molecular flexibility index (Phi) is 6.52. The van der Waals surface area contributed by atoms with Crippen LogP contribution in [0.5, 0.6) is 5.75 Å². The highest BCUT2D eigenvalue weighted by molar-refractivity contribution is 7.98. The summed E-state index contributed by atoms with van der Waals surface area (Å²) in [5.41, 5.74) is 2.10. The first-order valence-electron chi connectivity index (χ1n) is 7.22. The van der Waals surface area contributed by atoms with Crippen molar-refractivity contribution in [3.8, 4) is 11.8 Å². The average molecular weight is 327 g/mol. The molecule has 118 valence electrons. The summed E-state index contributed by atoms with van der Waals surface area (Å²) in [7, 11) is 0. The molecule has 0 amide bonds. The molecule has 0 heterocycles. The Morgan fingerprint density at radius 2 is 2.00 bits per heavy atom. The molecule has 0 saturated heterocycles. The molecule has 23 heavy (non-hydrogen) atoms. The van der Waals surface area contributed by atoms with E-state index in [9.17, 15) is 4.79 Å². The Hall–Kier alpha value is -2.45. The lowest BCUT2D eigenvalue weighted by Gasteiger charge is -2.06. The fraction of sp³-hybridized carbons (Fsp3) is 0.222. The van der Waals surface area contributed by atoms with Crippen molar-refractivity contribution in [2.24, 2.45) is 0 Å². The van der Waals surface area contributed by atoms with E-state index >= 15 is 0 Å². The van der Waals surface area contributed by atoms with Crippen molar-refractivity contribution in [1.82, 2.24) is 0 Å². The maximum absolute atomic E-state index is 10.7. The predicted octanol–water partition coefficient (Wildman–Crippen LogP) is 3.96. The van der Waals surface area contributed by atoms with Crippen LogP contribution in [0.2, 0.25) is 0 Å². The number of aromatic carboxylic acids is 1. The first-order valence-corrected chi connectivity index (χ1v) is 8.37. The zero-order chi connectivity index (χ0) is 16.5. The van der Waals surface area contributed by atoms with Crippen LogP contribution in [-0.4, -0.2) is 23.4 Å². The summed E-state index contributed by atoms with van der Waals surface area (Å²) in [6.45, 7) is 0.595. The summed E-state index contributed by atoms with van der Waals surface area (Å²) in [4.78, 5) is 10.7. The number of carboxylic acids is 1. The molecule has 2 aromatic rings. The summed E-state index contributed by atoms with van der Waals surface area (Å²) in [5, 5.41) is 17.7. The van der Waals surface area contributed by atoms with Crippen LogP contribution >= 0.6 is 11.8 Å². The Balaban J connectivity index is 1.64. The molecule has 1 N–H and O–H groups in total. The second-order valence-electron chi connectivity index (χ2n) is 4.90. The highest BCUT2D eigenvalue weighted by Gasteiger charge is 2.02. The number of nitrogens with zero attached hydrogens (tertiary/aromatic N) is 1. The van der Waals surface area contributed by atoms with Crippen LogP contribution in [0, 0.1) is 11.3 Å². The van der Waals surface area contributed by atoms with Crippen molar-refractivity contribution in [2.45, 2.75) is 12.2 Å². The highest BCUT2D eigenvalue weighted by Crippen LogP contribution is 2.16. The van der Waals surface area contributed by atoms with E-state index in [2.05, 4.69) is 6.07 Å². The van der Waals surface area contributed by atoms with Gasteiger partial charge < -0.3 is 9.84 Å². The standard InChI is InChI=1S/C18H17NO3S/c19-12-14-3-1-4-15(11-14)13-23-10-2-9-22-17-7-5-16(6-8-17)18(20)21/h1,3-8,11H,2,9-10,13H2,(H,20,21). The van der Waals surface area contributed by atoms with Crippen LogP contribution in [0.1, 0.15) is 27.9 Å². The molecule has 0 saturated carbocycles. The number of thioether (sulfide) groups is 1. The first-order chi connectivity index (χ1) is 11.2. The SMILES string of the molecule is N#Cc1cccc(CSCCCOc2ccc(C(=O)O)cc2)c1. The molecule has 5 heteroatoms. The summed E-state index contributed by atoms with van der Waals surface area (Å²) in [5.74, 6) is 1.59. The maximum Gasteiger partial charge on any atom is 0.335 e. The topological polar surface area (TPSA) is 70.3 Å². The molecule has 4 nitrogen and oxygen atoms in total. The quantitative estimate of drug-likeness (QED) is 0.743. The van der Waals surface area contributed by atoms with Crippen LogP contribution in [-0.2, 0) is 5.75 Å². The van der Waals surface area contributed by atoms with E-state index in [0.29, 0.717) is 17.9 Å². The zero-order valence-corrected chi connectivity index (χ0v) is 13.4. The van der Waals surface area contributed by atoms with Crippen LogP contribution < -0.4 is 4.74 Å². The fourth-order valence-corrected chi connectivity index (χ4v) is 2.85. The van der Waals surface area contributed by atoms with Gasteiger partial charge in [0, 0.05) is 5.75 Å². The Labute approximate surface area is 139 Å². The number of hydrogen-bond acceptors (Lipinski definition) is 4. The van der Waals surface area contributed by atoms with Crippen molar-refractivity contribution in [3.05, 3.63) is 65.2 Å². The molecule has 0 aliphatic heterocycles.